The Morgan fingerprint density at radius 3 is 2.59 bits per heavy atom. The first-order valence-electron chi connectivity index (χ1n) is 9.86. The number of carbonyl (C=O) groups is 1. The molecule has 3 heterocycles. The Balaban J connectivity index is 1.45. The van der Waals surface area contributed by atoms with E-state index in [9.17, 15) is 13.2 Å². The summed E-state index contributed by atoms with van der Waals surface area (Å²) in [5.41, 5.74) is 1.76. The summed E-state index contributed by atoms with van der Waals surface area (Å²) in [5.74, 6) is 0.816. The van der Waals surface area contributed by atoms with E-state index in [0.29, 0.717) is 24.7 Å². The molecule has 1 aliphatic carbocycles. The van der Waals surface area contributed by atoms with Gasteiger partial charge in [0.1, 0.15) is 5.69 Å². The summed E-state index contributed by atoms with van der Waals surface area (Å²) in [6.45, 7) is 1.86. The third kappa shape index (κ3) is 3.98. The molecule has 148 valence electrons. The number of hydrogen-bond donors (Lipinski definition) is 0. The molecule has 1 aromatic heterocycles. The van der Waals surface area contributed by atoms with Crippen LogP contribution in [0.5, 0.6) is 0 Å². The molecular formula is C19H27N3O3S2. The minimum Gasteiger partial charge on any atom is -0.311 e. The van der Waals surface area contributed by atoms with Crippen LogP contribution in [0.2, 0.25) is 0 Å². The number of hydrogen-bond acceptors (Lipinski definition) is 5. The number of piperidine rings is 2. The molecule has 1 aromatic rings. The van der Waals surface area contributed by atoms with Crippen molar-refractivity contribution in [3.8, 4) is 0 Å². The molecule has 0 saturated carbocycles. The SMILES string of the molecule is CS(=O)(=O)N1CCC(c2nc(C(=O)N3CCCC4CCCC=C43)cs2)CC1. The highest BCUT2D eigenvalue weighted by molar-refractivity contribution is 7.88. The zero-order valence-electron chi connectivity index (χ0n) is 15.8. The number of sulfonamides is 1. The number of aromatic nitrogens is 1. The van der Waals surface area contributed by atoms with Crippen molar-refractivity contribution in [1.29, 1.82) is 0 Å². The summed E-state index contributed by atoms with van der Waals surface area (Å²) in [7, 11) is -3.12. The van der Waals surface area contributed by atoms with Crippen LogP contribution in [0.4, 0.5) is 0 Å². The van der Waals surface area contributed by atoms with E-state index in [2.05, 4.69) is 11.1 Å². The Hall–Kier alpha value is -1.25. The normalized spacial score (nSPS) is 25.1. The van der Waals surface area contributed by atoms with Crippen LogP contribution in [0.3, 0.4) is 0 Å². The molecule has 1 amide bonds. The Morgan fingerprint density at radius 1 is 1.11 bits per heavy atom. The summed E-state index contributed by atoms with van der Waals surface area (Å²) in [6, 6.07) is 0. The summed E-state index contributed by atoms with van der Waals surface area (Å²) in [5, 5.41) is 2.85. The number of likely N-dealkylation sites (tertiary alicyclic amines) is 1. The van der Waals surface area contributed by atoms with Gasteiger partial charge in [-0.2, -0.15) is 0 Å². The lowest BCUT2D eigenvalue weighted by atomic mass is 9.85. The Morgan fingerprint density at radius 2 is 1.85 bits per heavy atom. The van der Waals surface area contributed by atoms with Crippen LogP contribution in [0, 0.1) is 5.92 Å². The van der Waals surface area contributed by atoms with Crippen LogP contribution in [-0.4, -0.2) is 54.4 Å². The van der Waals surface area contributed by atoms with Gasteiger partial charge in [-0.1, -0.05) is 6.08 Å². The molecule has 0 radical (unpaired) electrons. The Labute approximate surface area is 165 Å². The van der Waals surface area contributed by atoms with Gasteiger partial charge >= 0.3 is 0 Å². The quantitative estimate of drug-likeness (QED) is 0.769. The molecule has 6 nitrogen and oxygen atoms in total. The first-order chi connectivity index (χ1) is 12.9. The Kier molecular flexibility index (Phi) is 5.40. The average Bonchev–Trinajstić information content (AvgIpc) is 3.16. The predicted octanol–water partition coefficient (Wildman–Crippen LogP) is 3.20. The number of fused-ring (bicyclic) bond motifs is 1. The predicted molar refractivity (Wildman–Crippen MR) is 106 cm³/mol. The van der Waals surface area contributed by atoms with E-state index in [0.717, 1.165) is 37.2 Å². The molecule has 2 saturated heterocycles. The van der Waals surface area contributed by atoms with Crippen molar-refractivity contribution >= 4 is 27.3 Å². The van der Waals surface area contributed by atoms with Gasteiger partial charge in [0.2, 0.25) is 10.0 Å². The molecule has 0 spiro atoms. The Bertz CT molecular complexity index is 838. The third-order valence-electron chi connectivity index (χ3n) is 6.03. The van der Waals surface area contributed by atoms with Crippen molar-refractivity contribution in [3.63, 3.8) is 0 Å². The fourth-order valence-corrected chi connectivity index (χ4v) is 6.38. The van der Waals surface area contributed by atoms with Crippen molar-refractivity contribution in [2.45, 2.75) is 50.9 Å². The fourth-order valence-electron chi connectivity index (χ4n) is 4.54. The minimum absolute atomic E-state index is 0.0314. The van der Waals surface area contributed by atoms with Gasteiger partial charge in [-0.15, -0.1) is 11.3 Å². The molecule has 1 atom stereocenters. The molecule has 1 unspecified atom stereocenters. The van der Waals surface area contributed by atoms with E-state index in [1.807, 2.05) is 10.3 Å². The van der Waals surface area contributed by atoms with Crippen LogP contribution >= 0.6 is 11.3 Å². The minimum atomic E-state index is -3.12. The molecular weight excluding hydrogens is 382 g/mol. The molecule has 0 aromatic carbocycles. The summed E-state index contributed by atoms with van der Waals surface area (Å²) in [4.78, 5) is 19.7. The molecule has 2 aliphatic heterocycles. The molecule has 0 N–H and O–H groups in total. The summed E-state index contributed by atoms with van der Waals surface area (Å²) in [6.07, 6.45) is 10.8. The van der Waals surface area contributed by atoms with Gasteiger partial charge in [-0.05, 0) is 50.9 Å². The molecule has 27 heavy (non-hydrogen) atoms. The third-order valence-corrected chi connectivity index (χ3v) is 8.34. The fraction of sp³-hybridized carbons (Fsp3) is 0.684. The zero-order valence-corrected chi connectivity index (χ0v) is 17.4. The summed E-state index contributed by atoms with van der Waals surface area (Å²) >= 11 is 1.54. The number of thiazole rings is 1. The van der Waals surface area contributed by atoms with E-state index < -0.39 is 10.0 Å². The molecule has 2 fully saturated rings. The van der Waals surface area contributed by atoms with Crippen LogP contribution in [0.25, 0.3) is 0 Å². The number of allylic oxidation sites excluding steroid dienone is 2. The van der Waals surface area contributed by atoms with E-state index in [1.165, 1.54) is 35.5 Å². The first-order valence-corrected chi connectivity index (χ1v) is 12.6. The second-order valence-electron chi connectivity index (χ2n) is 7.86. The highest BCUT2D eigenvalue weighted by Crippen LogP contribution is 2.36. The van der Waals surface area contributed by atoms with Gasteiger partial charge in [0.15, 0.2) is 0 Å². The number of amides is 1. The van der Waals surface area contributed by atoms with Crippen molar-refractivity contribution in [1.82, 2.24) is 14.2 Å². The second-order valence-corrected chi connectivity index (χ2v) is 10.7. The first kappa shape index (κ1) is 19.1. The maximum atomic E-state index is 13.1. The summed E-state index contributed by atoms with van der Waals surface area (Å²) < 4.78 is 24.9. The molecule has 4 rings (SSSR count). The monoisotopic (exact) mass is 409 g/mol. The number of rotatable bonds is 3. The number of nitrogens with zero attached hydrogens (tertiary/aromatic N) is 3. The van der Waals surface area contributed by atoms with Crippen molar-refractivity contribution in [2.24, 2.45) is 5.92 Å². The zero-order chi connectivity index (χ0) is 19.0. The van der Waals surface area contributed by atoms with Gasteiger partial charge in [-0.3, -0.25) is 4.79 Å². The van der Waals surface area contributed by atoms with Crippen molar-refractivity contribution in [3.05, 3.63) is 27.9 Å². The van der Waals surface area contributed by atoms with Gasteiger partial charge in [0, 0.05) is 36.6 Å². The smallest absolute Gasteiger partial charge is 0.277 e. The van der Waals surface area contributed by atoms with Crippen LogP contribution in [-0.2, 0) is 10.0 Å². The number of carbonyl (C=O) groups excluding carboxylic acids is 1. The topological polar surface area (TPSA) is 70.6 Å². The molecule has 3 aliphatic rings. The molecule has 0 bridgehead atoms. The van der Waals surface area contributed by atoms with Gasteiger partial charge in [0.05, 0.1) is 11.3 Å². The van der Waals surface area contributed by atoms with Crippen molar-refractivity contribution < 1.29 is 13.2 Å². The largest absolute Gasteiger partial charge is 0.311 e. The maximum Gasteiger partial charge on any atom is 0.277 e. The van der Waals surface area contributed by atoms with E-state index in [4.69, 9.17) is 0 Å². The highest BCUT2D eigenvalue weighted by Gasteiger charge is 2.33. The maximum absolute atomic E-state index is 13.1. The van der Waals surface area contributed by atoms with E-state index in [1.54, 1.807) is 11.3 Å². The van der Waals surface area contributed by atoms with Gasteiger partial charge in [-0.25, -0.2) is 17.7 Å². The van der Waals surface area contributed by atoms with Gasteiger partial charge in [0.25, 0.3) is 5.91 Å². The van der Waals surface area contributed by atoms with Crippen molar-refractivity contribution in [2.75, 3.05) is 25.9 Å². The average molecular weight is 410 g/mol. The van der Waals surface area contributed by atoms with E-state index in [-0.39, 0.29) is 11.8 Å². The lowest BCUT2D eigenvalue weighted by Crippen LogP contribution is -2.39. The lowest BCUT2D eigenvalue weighted by molar-refractivity contribution is 0.0743. The molecule has 8 heteroatoms. The van der Waals surface area contributed by atoms with E-state index >= 15 is 0 Å². The van der Waals surface area contributed by atoms with Crippen LogP contribution in [0.1, 0.15) is 66.4 Å². The standard InChI is InChI=1S/C19H27N3O3S2/c1-27(24,25)21-11-8-15(9-12-21)18-20-16(13-26-18)19(23)22-10-4-6-14-5-2-3-7-17(14)22/h7,13-15H,2-6,8-12H2,1H3. The lowest BCUT2D eigenvalue weighted by Gasteiger charge is -2.37. The van der Waals surface area contributed by atoms with Crippen LogP contribution in [0.15, 0.2) is 17.2 Å². The van der Waals surface area contributed by atoms with Gasteiger partial charge < -0.3 is 4.90 Å². The highest BCUT2D eigenvalue weighted by atomic mass is 32.2. The second kappa shape index (κ2) is 7.64. The van der Waals surface area contributed by atoms with Crippen LogP contribution < -0.4 is 0 Å².